The SMILES string of the molecule is CC(C)(CCC(=O)NCC(=O)Nc1ccc(N=Nc2ccc(NC(=O)CCC[C@@H](C[C@H](N)C(=O)O)C(=O)O)cc2)cc1)OCCC(C)(C)N1C=C(CCC(=O)NCCOCCOCCCCCCCl)NN1. The van der Waals surface area contributed by atoms with Crippen molar-refractivity contribution in [3.63, 3.8) is 0 Å². The fourth-order valence-electron chi connectivity index (χ4n) is 6.86. The highest BCUT2D eigenvalue weighted by atomic mass is 35.5. The van der Waals surface area contributed by atoms with E-state index < -0.39 is 35.4 Å². The van der Waals surface area contributed by atoms with Crippen LogP contribution in [0.4, 0.5) is 22.7 Å². The minimum atomic E-state index is -1.29. The average Bonchev–Trinajstić information content (AvgIpc) is 3.82. The number of alkyl halides is 1. The van der Waals surface area contributed by atoms with Gasteiger partial charge in [-0.1, -0.05) is 12.8 Å². The van der Waals surface area contributed by atoms with Gasteiger partial charge in [-0.05, 0) is 128 Å². The Morgan fingerprint density at radius 2 is 1.31 bits per heavy atom. The molecule has 2 aromatic carbocycles. The highest BCUT2D eigenvalue weighted by molar-refractivity contribution is 6.17. The second-order valence-corrected chi connectivity index (χ2v) is 18.8. The van der Waals surface area contributed by atoms with Gasteiger partial charge in [0, 0.05) is 68.2 Å². The lowest BCUT2D eigenvalue weighted by atomic mass is 9.94. The fourth-order valence-corrected chi connectivity index (χ4v) is 7.04. The number of halogens is 1. The van der Waals surface area contributed by atoms with Crippen molar-refractivity contribution in [2.24, 2.45) is 21.9 Å². The molecule has 71 heavy (non-hydrogen) atoms. The Balaban J connectivity index is 1.26. The van der Waals surface area contributed by atoms with E-state index >= 15 is 0 Å². The zero-order valence-corrected chi connectivity index (χ0v) is 42.3. The summed E-state index contributed by atoms with van der Waals surface area (Å²) in [6.45, 7) is 10.9. The summed E-state index contributed by atoms with van der Waals surface area (Å²) in [4.78, 5) is 72.4. The van der Waals surface area contributed by atoms with Crippen LogP contribution in [0.1, 0.15) is 111 Å². The van der Waals surface area contributed by atoms with E-state index in [-0.39, 0.29) is 61.9 Å². The van der Waals surface area contributed by atoms with E-state index in [0.29, 0.717) is 87.3 Å². The van der Waals surface area contributed by atoms with Crippen LogP contribution in [0.15, 0.2) is 70.7 Å². The third kappa shape index (κ3) is 25.8. The Morgan fingerprint density at radius 1 is 0.704 bits per heavy atom. The number of nitrogens with two attached hydrogens (primary N) is 1. The first-order valence-electron chi connectivity index (χ1n) is 24.2. The van der Waals surface area contributed by atoms with E-state index in [1.54, 1.807) is 48.5 Å². The van der Waals surface area contributed by atoms with E-state index in [1.165, 1.54) is 0 Å². The molecular weight excluding hydrogens is 940 g/mol. The van der Waals surface area contributed by atoms with Crippen LogP contribution in [0.2, 0.25) is 0 Å². The van der Waals surface area contributed by atoms with E-state index in [0.717, 1.165) is 38.0 Å². The number of aliphatic carboxylic acids is 2. The first kappa shape index (κ1) is 59.6. The molecule has 1 aliphatic rings. The van der Waals surface area contributed by atoms with Gasteiger partial charge in [0.15, 0.2) is 0 Å². The zero-order valence-electron chi connectivity index (χ0n) is 41.6. The molecule has 1 heterocycles. The second kappa shape index (κ2) is 32.3. The van der Waals surface area contributed by atoms with E-state index in [9.17, 15) is 33.9 Å². The maximum Gasteiger partial charge on any atom is 0.320 e. The molecule has 2 atom stereocenters. The van der Waals surface area contributed by atoms with Gasteiger partial charge in [-0.15, -0.1) is 17.1 Å². The molecule has 0 saturated carbocycles. The van der Waals surface area contributed by atoms with Gasteiger partial charge in [-0.25, -0.2) is 0 Å². The number of carbonyl (C=O) groups excluding carboxylic acids is 4. The Labute approximate surface area is 421 Å². The van der Waals surface area contributed by atoms with Crippen LogP contribution in [-0.4, -0.2) is 120 Å². The molecule has 4 amide bonds. The van der Waals surface area contributed by atoms with E-state index in [4.69, 9.17) is 36.7 Å². The number of carboxylic acids is 2. The number of unbranched alkanes of at least 4 members (excludes halogenated alkanes) is 3. The summed E-state index contributed by atoms with van der Waals surface area (Å²) >= 11 is 5.69. The molecule has 0 fully saturated rings. The molecule has 3 rings (SSSR count). The molecule has 0 unspecified atom stereocenters. The molecule has 0 aromatic heterocycles. The lowest BCUT2D eigenvalue weighted by molar-refractivity contribution is -0.144. The molecule has 0 saturated heterocycles. The molecular formula is C49H75ClN10O11. The number of anilines is 2. The number of hydrogen-bond donors (Lipinski definition) is 9. The zero-order chi connectivity index (χ0) is 52.1. The van der Waals surface area contributed by atoms with Gasteiger partial charge in [-0.3, -0.25) is 33.8 Å². The van der Waals surface area contributed by atoms with E-state index in [2.05, 4.69) is 56.3 Å². The van der Waals surface area contributed by atoms with E-state index in [1.807, 2.05) is 25.1 Å². The maximum absolute atomic E-state index is 12.7. The molecule has 0 bridgehead atoms. The smallest absolute Gasteiger partial charge is 0.320 e. The van der Waals surface area contributed by atoms with Crippen molar-refractivity contribution in [1.29, 1.82) is 0 Å². The van der Waals surface area contributed by atoms with Crippen LogP contribution >= 0.6 is 11.6 Å². The molecule has 0 spiro atoms. The summed E-state index contributed by atoms with van der Waals surface area (Å²) in [6.07, 6.45) is 8.60. The number of hydrogen-bond acceptors (Lipinski definition) is 15. The standard InChI is InChI=1S/C49H75ClN10O11/c1-48(2,60-34-40(58-59-60)20-21-42(61)52-26-29-70-31-30-69-27-8-6-5-7-25-50)24-28-71-49(3,4)23-22-43(62)53-33-45(64)55-37-14-18-39(19-15-37)57-56-38-16-12-36(13-17-38)54-44(63)11-9-10-35(46(65)66)32-41(51)47(67)68/h12-19,34-35,41,58-59H,5-11,20-33,51H2,1-4H3,(H,52,61)(H,53,62)(H,54,63)(H,55,64)(H,65,66)(H,67,68)/t35-,41-/m0/s1. The van der Waals surface area contributed by atoms with Crippen LogP contribution in [0.5, 0.6) is 0 Å². The normalized spacial score (nSPS) is 13.5. The maximum atomic E-state index is 12.7. The van der Waals surface area contributed by atoms with Crippen LogP contribution in [-0.2, 0) is 43.0 Å². The van der Waals surface area contributed by atoms with Crippen LogP contribution in [0, 0.1) is 5.92 Å². The third-order valence-corrected chi connectivity index (χ3v) is 11.6. The largest absolute Gasteiger partial charge is 0.481 e. The molecule has 2 aromatic rings. The monoisotopic (exact) mass is 1010 g/mol. The van der Waals surface area contributed by atoms with Gasteiger partial charge in [0.25, 0.3) is 0 Å². The molecule has 0 aliphatic carbocycles. The van der Waals surface area contributed by atoms with Crippen LogP contribution in [0.25, 0.3) is 0 Å². The molecule has 10 N–H and O–H groups in total. The molecule has 0 radical (unpaired) electrons. The second-order valence-electron chi connectivity index (χ2n) is 18.4. The first-order valence-corrected chi connectivity index (χ1v) is 24.7. The van der Waals surface area contributed by atoms with Crippen LogP contribution in [0.3, 0.4) is 0 Å². The minimum absolute atomic E-state index is 0.0463. The van der Waals surface area contributed by atoms with Gasteiger partial charge < -0.3 is 56.9 Å². The summed E-state index contributed by atoms with van der Waals surface area (Å²) in [5, 5.41) is 39.7. The third-order valence-electron chi connectivity index (χ3n) is 11.4. The lowest BCUT2D eigenvalue weighted by Crippen LogP contribution is -2.50. The minimum Gasteiger partial charge on any atom is -0.481 e. The quantitative estimate of drug-likeness (QED) is 0.0201. The summed E-state index contributed by atoms with van der Waals surface area (Å²) < 4.78 is 17.3. The molecule has 22 heteroatoms. The number of carboxylic acid groups (broad SMARTS) is 2. The van der Waals surface area contributed by atoms with Crippen molar-refractivity contribution in [2.45, 2.75) is 128 Å². The highest BCUT2D eigenvalue weighted by Crippen LogP contribution is 2.25. The Morgan fingerprint density at radius 3 is 1.93 bits per heavy atom. The first-order chi connectivity index (χ1) is 33.9. The van der Waals surface area contributed by atoms with Gasteiger partial charge in [0.05, 0.1) is 54.8 Å². The van der Waals surface area contributed by atoms with Crippen molar-refractivity contribution in [2.75, 3.05) is 62.6 Å². The van der Waals surface area contributed by atoms with Crippen molar-refractivity contribution in [3.8, 4) is 0 Å². The predicted octanol–water partition coefficient (Wildman–Crippen LogP) is 6.41. The summed E-state index contributed by atoms with van der Waals surface area (Å²) in [5.74, 6) is -3.74. The van der Waals surface area contributed by atoms with Gasteiger partial charge in [0.2, 0.25) is 23.6 Å². The Hall–Kier alpha value is -5.71. The number of nitrogens with zero attached hydrogens (tertiary/aromatic N) is 3. The van der Waals surface area contributed by atoms with Crippen molar-refractivity contribution < 1.29 is 53.2 Å². The van der Waals surface area contributed by atoms with Gasteiger partial charge >= 0.3 is 11.9 Å². The van der Waals surface area contributed by atoms with Crippen LogP contribution < -0.4 is 38.0 Å². The number of allylic oxidation sites excluding steroid dienone is 1. The number of azo groups is 1. The Bertz CT molecular complexity index is 2040. The van der Waals surface area contributed by atoms with Gasteiger partial charge in [0.1, 0.15) is 6.04 Å². The lowest BCUT2D eigenvalue weighted by Gasteiger charge is -2.36. The summed E-state index contributed by atoms with van der Waals surface area (Å²) in [7, 11) is 0. The number of hydrazine groups is 2. The van der Waals surface area contributed by atoms with Crippen molar-refractivity contribution >= 4 is 69.9 Å². The number of nitrogens with one attached hydrogen (secondary N) is 6. The molecule has 21 nitrogen and oxygen atoms in total. The van der Waals surface area contributed by atoms with Gasteiger partial charge in [-0.2, -0.15) is 10.2 Å². The fraction of sp³-hybridized carbons (Fsp3) is 0.592. The summed E-state index contributed by atoms with van der Waals surface area (Å²) in [6, 6.07) is 12.0. The van der Waals surface area contributed by atoms with Crippen molar-refractivity contribution in [3.05, 3.63) is 60.4 Å². The molecule has 1 aliphatic heterocycles. The Kier molecular flexibility index (Phi) is 27.1. The number of benzene rings is 2. The topological polar surface area (TPSA) is 297 Å². The van der Waals surface area contributed by atoms with Crippen molar-refractivity contribution in [1.82, 2.24) is 26.6 Å². The summed E-state index contributed by atoms with van der Waals surface area (Å²) in [5.41, 5.74) is 13.8. The molecule has 394 valence electrons. The predicted molar refractivity (Wildman–Crippen MR) is 270 cm³/mol. The number of rotatable bonds is 37. The number of ether oxygens (including phenoxy) is 3. The number of amides is 4. The number of carbonyl (C=O) groups is 6. The average molecular weight is 1020 g/mol. The highest BCUT2D eigenvalue weighted by Gasteiger charge is 2.30.